The minimum atomic E-state index is -3.77. The van der Waals surface area contributed by atoms with Crippen LogP contribution in [-0.2, 0) is 27.8 Å². The van der Waals surface area contributed by atoms with Gasteiger partial charge in [0, 0.05) is 16.9 Å². The smallest absolute Gasteiger partial charge is 0.263 e. The lowest BCUT2D eigenvalue weighted by molar-refractivity contribution is -0.120. The van der Waals surface area contributed by atoms with Gasteiger partial charge in [0.15, 0.2) is 5.13 Å². The number of carbonyl (C=O) groups excluding carboxylic acids is 1. The Balaban J connectivity index is 1.55. The van der Waals surface area contributed by atoms with E-state index in [-0.39, 0.29) is 22.4 Å². The quantitative estimate of drug-likeness (QED) is 0.546. The van der Waals surface area contributed by atoms with E-state index in [4.69, 9.17) is 16.3 Å². The van der Waals surface area contributed by atoms with Gasteiger partial charge in [-0.25, -0.2) is 13.4 Å². The van der Waals surface area contributed by atoms with E-state index in [0.29, 0.717) is 17.3 Å². The largest absolute Gasteiger partial charge is 0.497 e. The number of hydrogen-bond donors (Lipinski definition) is 2. The van der Waals surface area contributed by atoms with Crippen molar-refractivity contribution in [2.24, 2.45) is 0 Å². The van der Waals surface area contributed by atoms with E-state index in [1.807, 2.05) is 24.3 Å². The predicted molar refractivity (Wildman–Crippen MR) is 113 cm³/mol. The van der Waals surface area contributed by atoms with Crippen molar-refractivity contribution in [1.29, 1.82) is 0 Å². The summed E-state index contributed by atoms with van der Waals surface area (Å²) in [5, 5.41) is 5.09. The molecule has 0 radical (unpaired) electrons. The predicted octanol–water partition coefficient (Wildman–Crippen LogP) is 3.46. The maximum absolute atomic E-state index is 12.4. The van der Waals surface area contributed by atoms with Crippen molar-refractivity contribution in [3.05, 3.63) is 70.2 Å². The number of benzene rings is 2. The van der Waals surface area contributed by atoms with Crippen LogP contribution in [0.1, 0.15) is 11.3 Å². The number of aromatic nitrogens is 1. The Labute approximate surface area is 177 Å². The number of anilines is 1. The first-order valence-corrected chi connectivity index (χ1v) is 11.2. The van der Waals surface area contributed by atoms with E-state index in [2.05, 4.69) is 15.0 Å². The van der Waals surface area contributed by atoms with Crippen LogP contribution in [0.3, 0.4) is 0 Å². The Morgan fingerprint density at radius 3 is 2.48 bits per heavy atom. The monoisotopic (exact) mass is 451 g/mol. The highest BCUT2D eigenvalue weighted by Gasteiger charge is 2.16. The van der Waals surface area contributed by atoms with Gasteiger partial charge in [-0.15, -0.1) is 11.3 Å². The molecule has 0 spiro atoms. The Hall–Kier alpha value is -2.62. The second kappa shape index (κ2) is 9.25. The first-order chi connectivity index (χ1) is 13.9. The summed E-state index contributed by atoms with van der Waals surface area (Å²) in [4.78, 5) is 16.4. The normalized spacial score (nSPS) is 11.1. The van der Waals surface area contributed by atoms with E-state index in [0.717, 1.165) is 22.6 Å². The number of amides is 1. The summed E-state index contributed by atoms with van der Waals surface area (Å²) in [5.74, 6) is 0.536. The van der Waals surface area contributed by atoms with Crippen LogP contribution < -0.4 is 14.8 Å². The topological polar surface area (TPSA) is 97.4 Å². The number of hydrogen-bond acceptors (Lipinski definition) is 6. The summed E-state index contributed by atoms with van der Waals surface area (Å²) in [6.07, 6.45) is 0.0509. The molecular weight excluding hydrogens is 434 g/mol. The van der Waals surface area contributed by atoms with Gasteiger partial charge in [0.05, 0.1) is 24.1 Å². The molecule has 0 bridgehead atoms. The zero-order valence-corrected chi connectivity index (χ0v) is 17.8. The fraction of sp³-hybridized carbons (Fsp3) is 0.158. The van der Waals surface area contributed by atoms with Gasteiger partial charge < -0.3 is 10.1 Å². The molecule has 1 heterocycles. The van der Waals surface area contributed by atoms with E-state index in [9.17, 15) is 13.2 Å². The van der Waals surface area contributed by atoms with Crippen LogP contribution in [0.4, 0.5) is 5.13 Å². The Morgan fingerprint density at radius 2 is 1.83 bits per heavy atom. The van der Waals surface area contributed by atoms with E-state index < -0.39 is 10.0 Å². The van der Waals surface area contributed by atoms with Gasteiger partial charge in [-0.2, -0.15) is 0 Å². The summed E-state index contributed by atoms with van der Waals surface area (Å²) in [6.45, 7) is 0.378. The summed E-state index contributed by atoms with van der Waals surface area (Å²) >= 11 is 6.90. The molecule has 0 aliphatic carbocycles. The second-order valence-corrected chi connectivity index (χ2v) is 8.98. The Bertz CT molecular complexity index is 1080. The maximum atomic E-state index is 12.4. The molecule has 0 saturated heterocycles. The first-order valence-electron chi connectivity index (χ1n) is 8.48. The third-order valence-electron chi connectivity index (χ3n) is 3.89. The zero-order chi connectivity index (χ0) is 20.9. The molecule has 1 aromatic heterocycles. The second-order valence-electron chi connectivity index (χ2n) is 6.00. The Morgan fingerprint density at radius 1 is 1.14 bits per heavy atom. The molecule has 152 valence electrons. The zero-order valence-electron chi connectivity index (χ0n) is 15.4. The molecule has 3 aromatic rings. The lowest BCUT2D eigenvalue weighted by atomic mass is 10.2. The van der Waals surface area contributed by atoms with Crippen LogP contribution in [0.5, 0.6) is 5.75 Å². The van der Waals surface area contributed by atoms with Crippen molar-refractivity contribution < 1.29 is 17.9 Å². The van der Waals surface area contributed by atoms with E-state index in [1.54, 1.807) is 12.5 Å². The van der Waals surface area contributed by atoms with Gasteiger partial charge in [-0.1, -0.05) is 23.7 Å². The molecule has 0 aliphatic heterocycles. The van der Waals surface area contributed by atoms with Crippen molar-refractivity contribution >= 4 is 44.0 Å². The van der Waals surface area contributed by atoms with Crippen LogP contribution in [0.2, 0.25) is 5.02 Å². The van der Waals surface area contributed by atoms with Gasteiger partial charge in [0.1, 0.15) is 5.75 Å². The van der Waals surface area contributed by atoms with Gasteiger partial charge in [-0.05, 0) is 42.0 Å². The Kier molecular flexibility index (Phi) is 6.73. The molecule has 0 fully saturated rings. The molecule has 10 heteroatoms. The van der Waals surface area contributed by atoms with Crippen molar-refractivity contribution in [2.75, 3.05) is 11.8 Å². The standard InChI is InChI=1S/C19H18ClN3O4S2/c1-27-16-6-2-13(3-7-16)11-21-18(24)10-15-12-28-19(22-15)23-29(25,26)17-8-4-14(20)5-9-17/h2-9,12H,10-11H2,1H3,(H,21,24)(H,22,23). The number of rotatable bonds is 8. The fourth-order valence-electron chi connectivity index (χ4n) is 2.39. The van der Waals surface area contributed by atoms with Gasteiger partial charge in [0.25, 0.3) is 10.0 Å². The number of methoxy groups -OCH3 is 1. The number of sulfonamides is 1. The third kappa shape index (κ3) is 5.93. The molecule has 1 amide bonds. The molecule has 3 rings (SSSR count). The third-order valence-corrected chi connectivity index (χ3v) is 6.43. The molecule has 29 heavy (non-hydrogen) atoms. The number of thiazole rings is 1. The summed E-state index contributed by atoms with van der Waals surface area (Å²) in [6, 6.07) is 13.2. The lowest BCUT2D eigenvalue weighted by Gasteiger charge is -2.06. The first kappa shape index (κ1) is 21.1. The van der Waals surface area contributed by atoms with Crippen molar-refractivity contribution in [1.82, 2.24) is 10.3 Å². The number of nitrogens with one attached hydrogen (secondary N) is 2. The van der Waals surface area contributed by atoms with Crippen molar-refractivity contribution in [2.45, 2.75) is 17.9 Å². The molecular formula is C19H18ClN3O4S2. The van der Waals surface area contributed by atoms with Crippen molar-refractivity contribution in [3.8, 4) is 5.75 Å². The lowest BCUT2D eigenvalue weighted by Crippen LogP contribution is -2.24. The molecule has 2 aromatic carbocycles. The molecule has 0 atom stereocenters. The summed E-state index contributed by atoms with van der Waals surface area (Å²) < 4.78 is 32.3. The van der Waals surface area contributed by atoms with Crippen LogP contribution in [0.15, 0.2) is 58.8 Å². The molecule has 0 saturated carbocycles. The fourth-order valence-corrected chi connectivity index (χ4v) is 4.48. The summed E-state index contributed by atoms with van der Waals surface area (Å²) in [5.41, 5.74) is 1.42. The number of nitrogens with zero attached hydrogens (tertiary/aromatic N) is 1. The van der Waals surface area contributed by atoms with Crippen LogP contribution in [-0.4, -0.2) is 26.4 Å². The number of carbonyl (C=O) groups is 1. The van der Waals surface area contributed by atoms with Crippen LogP contribution in [0.25, 0.3) is 0 Å². The highest BCUT2D eigenvalue weighted by atomic mass is 35.5. The van der Waals surface area contributed by atoms with Crippen LogP contribution in [0, 0.1) is 0 Å². The average molecular weight is 452 g/mol. The minimum Gasteiger partial charge on any atom is -0.497 e. The molecule has 0 aliphatic rings. The van der Waals surface area contributed by atoms with E-state index in [1.165, 1.54) is 24.3 Å². The highest BCUT2D eigenvalue weighted by molar-refractivity contribution is 7.93. The molecule has 2 N–H and O–H groups in total. The SMILES string of the molecule is COc1ccc(CNC(=O)Cc2csc(NS(=O)(=O)c3ccc(Cl)cc3)n2)cc1. The van der Waals surface area contributed by atoms with Gasteiger partial charge in [0.2, 0.25) is 5.91 Å². The van der Waals surface area contributed by atoms with E-state index >= 15 is 0 Å². The van der Waals surface area contributed by atoms with Crippen LogP contribution >= 0.6 is 22.9 Å². The number of halogens is 1. The molecule has 0 unspecified atom stereocenters. The maximum Gasteiger partial charge on any atom is 0.263 e. The number of ether oxygens (including phenoxy) is 1. The average Bonchev–Trinajstić information content (AvgIpc) is 3.13. The minimum absolute atomic E-state index is 0.0509. The highest BCUT2D eigenvalue weighted by Crippen LogP contribution is 2.21. The summed E-state index contributed by atoms with van der Waals surface area (Å²) in [7, 11) is -2.18. The van der Waals surface area contributed by atoms with Gasteiger partial charge >= 0.3 is 0 Å². The molecule has 7 nitrogen and oxygen atoms in total. The van der Waals surface area contributed by atoms with Crippen molar-refractivity contribution in [3.63, 3.8) is 0 Å². The van der Waals surface area contributed by atoms with Gasteiger partial charge in [-0.3, -0.25) is 9.52 Å².